The Bertz CT molecular complexity index is 843. The second-order valence-electron chi connectivity index (χ2n) is 5.20. The van der Waals surface area contributed by atoms with Gasteiger partial charge in [0.05, 0.1) is 19.0 Å². The number of carbonyl (C=O) groups excluding carboxylic acids is 1. The SMILES string of the molecule is COc1cccc(NC(=O)Nc2ncc(-c3ccccc3)n2C)c1. The van der Waals surface area contributed by atoms with Crippen molar-refractivity contribution in [1.82, 2.24) is 9.55 Å². The number of nitrogens with zero attached hydrogens (tertiary/aromatic N) is 2. The molecule has 122 valence electrons. The minimum atomic E-state index is -0.364. The van der Waals surface area contributed by atoms with Crippen molar-refractivity contribution >= 4 is 17.7 Å². The van der Waals surface area contributed by atoms with E-state index in [9.17, 15) is 4.79 Å². The molecule has 3 aromatic rings. The monoisotopic (exact) mass is 322 g/mol. The van der Waals surface area contributed by atoms with Gasteiger partial charge >= 0.3 is 6.03 Å². The van der Waals surface area contributed by atoms with Gasteiger partial charge in [-0.2, -0.15) is 0 Å². The van der Waals surface area contributed by atoms with E-state index in [-0.39, 0.29) is 6.03 Å². The smallest absolute Gasteiger partial charge is 0.326 e. The molecule has 6 nitrogen and oxygen atoms in total. The molecule has 2 amide bonds. The third-order valence-electron chi connectivity index (χ3n) is 3.61. The van der Waals surface area contributed by atoms with Crippen LogP contribution in [0.4, 0.5) is 16.4 Å². The van der Waals surface area contributed by atoms with Crippen LogP contribution in [0.25, 0.3) is 11.3 Å². The molecule has 0 saturated carbocycles. The molecule has 1 aromatic heterocycles. The number of amides is 2. The molecule has 0 saturated heterocycles. The van der Waals surface area contributed by atoms with Crippen LogP contribution in [-0.4, -0.2) is 22.7 Å². The number of aromatic nitrogens is 2. The second kappa shape index (κ2) is 6.87. The number of methoxy groups -OCH3 is 1. The fraction of sp³-hybridized carbons (Fsp3) is 0.111. The number of hydrogen-bond acceptors (Lipinski definition) is 3. The van der Waals surface area contributed by atoms with Crippen LogP contribution in [0.5, 0.6) is 5.75 Å². The number of rotatable bonds is 4. The van der Waals surface area contributed by atoms with E-state index in [1.165, 1.54) is 0 Å². The Kier molecular flexibility index (Phi) is 4.47. The van der Waals surface area contributed by atoms with Gasteiger partial charge in [0.15, 0.2) is 0 Å². The Balaban J connectivity index is 1.72. The lowest BCUT2D eigenvalue weighted by Gasteiger charge is -2.09. The molecule has 0 unspecified atom stereocenters. The van der Waals surface area contributed by atoms with Crippen LogP contribution in [0.2, 0.25) is 0 Å². The van der Waals surface area contributed by atoms with Crippen molar-refractivity contribution in [2.24, 2.45) is 7.05 Å². The van der Waals surface area contributed by atoms with Crippen molar-refractivity contribution in [3.8, 4) is 17.0 Å². The first kappa shape index (κ1) is 15.6. The fourth-order valence-electron chi connectivity index (χ4n) is 2.37. The summed E-state index contributed by atoms with van der Waals surface area (Å²) >= 11 is 0. The van der Waals surface area contributed by atoms with Crippen LogP contribution in [0.15, 0.2) is 60.8 Å². The molecule has 0 radical (unpaired) electrons. The summed E-state index contributed by atoms with van der Waals surface area (Å²) in [5.41, 5.74) is 2.60. The van der Waals surface area contributed by atoms with Gasteiger partial charge in [0.1, 0.15) is 5.75 Å². The maximum atomic E-state index is 12.2. The number of ether oxygens (including phenoxy) is 1. The zero-order chi connectivity index (χ0) is 16.9. The summed E-state index contributed by atoms with van der Waals surface area (Å²) in [7, 11) is 3.44. The maximum absolute atomic E-state index is 12.2. The van der Waals surface area contributed by atoms with Gasteiger partial charge in [0.25, 0.3) is 0 Å². The predicted molar refractivity (Wildman–Crippen MR) is 94.3 cm³/mol. The highest BCUT2D eigenvalue weighted by atomic mass is 16.5. The van der Waals surface area contributed by atoms with E-state index >= 15 is 0 Å². The quantitative estimate of drug-likeness (QED) is 0.769. The standard InChI is InChI=1S/C18H18N4O2/c1-22-16(13-7-4-3-5-8-13)12-19-17(22)21-18(23)20-14-9-6-10-15(11-14)24-2/h3-12H,1-2H3,(H2,19,20,21,23). The minimum Gasteiger partial charge on any atom is -0.497 e. The third-order valence-corrected chi connectivity index (χ3v) is 3.61. The van der Waals surface area contributed by atoms with Gasteiger partial charge in [-0.1, -0.05) is 36.4 Å². The average Bonchev–Trinajstić information content (AvgIpc) is 2.96. The van der Waals surface area contributed by atoms with Crippen LogP contribution in [0.1, 0.15) is 0 Å². The van der Waals surface area contributed by atoms with E-state index in [1.54, 1.807) is 25.4 Å². The van der Waals surface area contributed by atoms with Crippen LogP contribution < -0.4 is 15.4 Å². The molecule has 0 spiro atoms. The van der Waals surface area contributed by atoms with Gasteiger partial charge in [0.2, 0.25) is 5.95 Å². The molecule has 2 N–H and O–H groups in total. The molecular formula is C18H18N4O2. The van der Waals surface area contributed by atoms with Crippen LogP contribution in [0, 0.1) is 0 Å². The maximum Gasteiger partial charge on any atom is 0.326 e. The molecule has 1 heterocycles. The molecular weight excluding hydrogens is 304 g/mol. The third kappa shape index (κ3) is 3.38. The molecule has 0 aliphatic heterocycles. The predicted octanol–water partition coefficient (Wildman–Crippen LogP) is 3.74. The molecule has 3 rings (SSSR count). The molecule has 6 heteroatoms. The summed E-state index contributed by atoms with van der Waals surface area (Å²) in [5, 5.41) is 5.51. The topological polar surface area (TPSA) is 68.2 Å². The van der Waals surface area contributed by atoms with E-state index in [1.807, 2.05) is 54.1 Å². The van der Waals surface area contributed by atoms with Gasteiger partial charge in [-0.25, -0.2) is 9.78 Å². The lowest BCUT2D eigenvalue weighted by atomic mass is 10.2. The summed E-state index contributed by atoms with van der Waals surface area (Å²) in [4.78, 5) is 16.4. The largest absolute Gasteiger partial charge is 0.497 e. The second-order valence-corrected chi connectivity index (χ2v) is 5.20. The molecule has 0 aliphatic carbocycles. The summed E-state index contributed by atoms with van der Waals surface area (Å²) in [6, 6.07) is 16.7. The summed E-state index contributed by atoms with van der Waals surface area (Å²) < 4.78 is 6.97. The normalized spacial score (nSPS) is 10.2. The summed E-state index contributed by atoms with van der Waals surface area (Å²) in [6.07, 6.45) is 1.73. The number of hydrogen-bond donors (Lipinski definition) is 2. The van der Waals surface area contributed by atoms with Gasteiger partial charge < -0.3 is 14.6 Å². The van der Waals surface area contributed by atoms with Crippen molar-refractivity contribution in [3.63, 3.8) is 0 Å². The zero-order valence-electron chi connectivity index (χ0n) is 13.5. The highest BCUT2D eigenvalue weighted by Crippen LogP contribution is 2.22. The van der Waals surface area contributed by atoms with Crippen molar-refractivity contribution in [2.45, 2.75) is 0 Å². The molecule has 0 bridgehead atoms. The first-order valence-corrected chi connectivity index (χ1v) is 7.46. The number of anilines is 2. The molecule has 0 fully saturated rings. The Labute approximate surface area is 140 Å². The first-order chi connectivity index (χ1) is 11.7. The summed E-state index contributed by atoms with van der Waals surface area (Å²) in [5.74, 6) is 1.14. The molecule has 0 aliphatic rings. The number of urea groups is 1. The lowest BCUT2D eigenvalue weighted by Crippen LogP contribution is -2.21. The van der Waals surface area contributed by atoms with Crippen molar-refractivity contribution < 1.29 is 9.53 Å². The lowest BCUT2D eigenvalue weighted by molar-refractivity contribution is 0.262. The number of nitrogens with one attached hydrogen (secondary N) is 2. The fourth-order valence-corrected chi connectivity index (χ4v) is 2.37. The average molecular weight is 322 g/mol. The van der Waals surface area contributed by atoms with Gasteiger partial charge in [0, 0.05) is 18.8 Å². The Morgan fingerprint density at radius 3 is 2.62 bits per heavy atom. The van der Waals surface area contributed by atoms with Crippen LogP contribution in [0.3, 0.4) is 0 Å². The Morgan fingerprint density at radius 2 is 1.88 bits per heavy atom. The first-order valence-electron chi connectivity index (χ1n) is 7.46. The zero-order valence-corrected chi connectivity index (χ0v) is 13.5. The van der Waals surface area contributed by atoms with Crippen molar-refractivity contribution in [2.75, 3.05) is 17.7 Å². The Morgan fingerprint density at radius 1 is 1.08 bits per heavy atom. The van der Waals surface area contributed by atoms with Gasteiger partial charge in [-0.15, -0.1) is 0 Å². The highest BCUT2D eigenvalue weighted by molar-refractivity contribution is 5.99. The van der Waals surface area contributed by atoms with E-state index in [0.29, 0.717) is 17.4 Å². The molecule has 24 heavy (non-hydrogen) atoms. The number of imidazole rings is 1. The summed E-state index contributed by atoms with van der Waals surface area (Å²) in [6.45, 7) is 0. The highest BCUT2D eigenvalue weighted by Gasteiger charge is 2.11. The van der Waals surface area contributed by atoms with Crippen LogP contribution >= 0.6 is 0 Å². The van der Waals surface area contributed by atoms with Gasteiger partial charge in [-0.05, 0) is 17.7 Å². The van der Waals surface area contributed by atoms with Crippen LogP contribution in [-0.2, 0) is 7.05 Å². The van der Waals surface area contributed by atoms with E-state index in [0.717, 1.165) is 11.3 Å². The van der Waals surface area contributed by atoms with Crippen molar-refractivity contribution in [1.29, 1.82) is 0 Å². The van der Waals surface area contributed by atoms with E-state index in [2.05, 4.69) is 15.6 Å². The minimum absolute atomic E-state index is 0.364. The van der Waals surface area contributed by atoms with E-state index < -0.39 is 0 Å². The number of carbonyl (C=O) groups is 1. The van der Waals surface area contributed by atoms with Gasteiger partial charge in [-0.3, -0.25) is 5.32 Å². The molecule has 2 aromatic carbocycles. The Hall–Kier alpha value is -3.28. The number of benzene rings is 2. The van der Waals surface area contributed by atoms with E-state index in [4.69, 9.17) is 4.74 Å². The van der Waals surface area contributed by atoms with Crippen molar-refractivity contribution in [3.05, 3.63) is 60.8 Å². The molecule has 0 atom stereocenters.